The van der Waals surface area contributed by atoms with Crippen LogP contribution < -0.4 is 10.1 Å². The predicted octanol–water partition coefficient (Wildman–Crippen LogP) is 0.886. The third kappa shape index (κ3) is 3.62. The number of pyridine rings is 1. The number of methoxy groups -OCH3 is 1. The summed E-state index contributed by atoms with van der Waals surface area (Å²) < 4.78 is 4.99. The number of amides is 1. The lowest BCUT2D eigenvalue weighted by atomic mass is 10.1. The topological polar surface area (TPSA) is 51.2 Å². The molecule has 0 saturated carbocycles. The maximum Gasteiger partial charge on any atom is 0.217 e. The van der Waals surface area contributed by atoms with E-state index in [1.807, 2.05) is 13.0 Å². The highest BCUT2D eigenvalue weighted by Gasteiger charge is 1.98. The van der Waals surface area contributed by atoms with Crippen LogP contribution in [0.2, 0.25) is 0 Å². The van der Waals surface area contributed by atoms with Gasteiger partial charge in [0.1, 0.15) is 0 Å². The van der Waals surface area contributed by atoms with Crippen LogP contribution in [0.3, 0.4) is 0 Å². The van der Waals surface area contributed by atoms with Crippen molar-refractivity contribution in [2.24, 2.45) is 0 Å². The molecule has 0 aliphatic carbocycles. The van der Waals surface area contributed by atoms with E-state index < -0.39 is 0 Å². The molecule has 0 fully saturated rings. The van der Waals surface area contributed by atoms with E-state index in [2.05, 4.69) is 22.1 Å². The molecular weight excluding hydrogens is 204 g/mol. The van der Waals surface area contributed by atoms with E-state index >= 15 is 0 Å². The summed E-state index contributed by atoms with van der Waals surface area (Å²) in [5.74, 6) is 6.28. The zero-order valence-corrected chi connectivity index (χ0v) is 9.63. The summed E-state index contributed by atoms with van der Waals surface area (Å²) in [4.78, 5) is 14.7. The van der Waals surface area contributed by atoms with Crippen LogP contribution in [0.4, 0.5) is 0 Å². The lowest BCUT2D eigenvalue weighted by molar-refractivity contribution is -0.118. The van der Waals surface area contributed by atoms with Crippen LogP contribution in [-0.2, 0) is 4.79 Å². The number of carbonyl (C=O) groups excluding carboxylic acids is 1. The van der Waals surface area contributed by atoms with Gasteiger partial charge in [0, 0.05) is 24.8 Å². The van der Waals surface area contributed by atoms with Crippen molar-refractivity contribution >= 4 is 5.91 Å². The molecule has 0 spiro atoms. The second-order valence-corrected chi connectivity index (χ2v) is 3.25. The number of aromatic nitrogens is 1. The Morgan fingerprint density at radius 2 is 2.38 bits per heavy atom. The fourth-order valence-electron chi connectivity index (χ4n) is 1.08. The van der Waals surface area contributed by atoms with Crippen molar-refractivity contribution in [2.45, 2.75) is 13.8 Å². The van der Waals surface area contributed by atoms with Crippen LogP contribution in [0.5, 0.6) is 5.88 Å². The average Bonchev–Trinajstić information content (AvgIpc) is 2.25. The number of hydrogen-bond acceptors (Lipinski definition) is 3. The molecule has 0 aliphatic rings. The highest BCUT2D eigenvalue weighted by Crippen LogP contribution is 2.11. The van der Waals surface area contributed by atoms with E-state index in [4.69, 9.17) is 4.74 Å². The van der Waals surface area contributed by atoms with Gasteiger partial charge in [-0.25, -0.2) is 4.98 Å². The Morgan fingerprint density at radius 1 is 1.62 bits per heavy atom. The number of nitrogens with one attached hydrogen (secondary N) is 1. The quantitative estimate of drug-likeness (QED) is 0.750. The maximum atomic E-state index is 10.6. The van der Waals surface area contributed by atoms with Gasteiger partial charge < -0.3 is 10.1 Å². The molecule has 84 valence electrons. The third-order valence-corrected chi connectivity index (χ3v) is 1.94. The SMILES string of the molecule is COc1cc(C)c(C#CCNC(C)=O)cn1. The van der Waals surface area contributed by atoms with Gasteiger partial charge in [-0.1, -0.05) is 11.8 Å². The Labute approximate surface area is 95.0 Å². The minimum absolute atomic E-state index is 0.0844. The van der Waals surface area contributed by atoms with Gasteiger partial charge >= 0.3 is 0 Å². The van der Waals surface area contributed by atoms with Gasteiger partial charge in [-0.3, -0.25) is 4.79 Å². The lowest BCUT2D eigenvalue weighted by Crippen LogP contribution is -2.19. The van der Waals surface area contributed by atoms with Crippen LogP contribution in [-0.4, -0.2) is 24.5 Å². The van der Waals surface area contributed by atoms with Gasteiger partial charge in [0.2, 0.25) is 11.8 Å². The molecule has 0 radical (unpaired) electrons. The highest BCUT2D eigenvalue weighted by atomic mass is 16.5. The number of carbonyl (C=O) groups is 1. The van der Waals surface area contributed by atoms with Crippen LogP contribution >= 0.6 is 0 Å². The maximum absolute atomic E-state index is 10.6. The van der Waals surface area contributed by atoms with Crippen molar-refractivity contribution in [3.05, 3.63) is 23.4 Å². The average molecular weight is 218 g/mol. The molecule has 1 rings (SSSR count). The first kappa shape index (κ1) is 12.1. The third-order valence-electron chi connectivity index (χ3n) is 1.94. The number of ether oxygens (including phenoxy) is 1. The summed E-state index contributed by atoms with van der Waals surface area (Å²) in [6.45, 7) is 3.75. The zero-order valence-electron chi connectivity index (χ0n) is 9.63. The normalized spacial score (nSPS) is 8.94. The Bertz CT molecular complexity index is 444. The first-order valence-corrected chi connectivity index (χ1v) is 4.87. The molecule has 0 aromatic carbocycles. The summed E-state index contributed by atoms with van der Waals surface area (Å²) in [7, 11) is 1.57. The van der Waals surface area contributed by atoms with Crippen molar-refractivity contribution in [2.75, 3.05) is 13.7 Å². The van der Waals surface area contributed by atoms with Crippen LogP contribution in [0, 0.1) is 18.8 Å². The molecule has 1 amide bonds. The van der Waals surface area contributed by atoms with Crippen LogP contribution in [0.25, 0.3) is 0 Å². The summed E-state index contributed by atoms with van der Waals surface area (Å²) in [5.41, 5.74) is 1.84. The first-order valence-electron chi connectivity index (χ1n) is 4.87. The second-order valence-electron chi connectivity index (χ2n) is 3.25. The summed E-state index contributed by atoms with van der Waals surface area (Å²) in [6.07, 6.45) is 1.66. The monoisotopic (exact) mass is 218 g/mol. The van der Waals surface area contributed by atoms with Crippen molar-refractivity contribution in [3.63, 3.8) is 0 Å². The smallest absolute Gasteiger partial charge is 0.217 e. The standard InChI is InChI=1S/C12H14N2O2/c1-9-7-12(16-3)14-8-11(9)5-4-6-13-10(2)15/h7-8H,6H2,1-3H3,(H,13,15). The van der Waals surface area contributed by atoms with Gasteiger partial charge in [-0.15, -0.1) is 0 Å². The Balaban J connectivity index is 2.70. The Kier molecular flexibility index (Phi) is 4.34. The van der Waals surface area contributed by atoms with E-state index in [-0.39, 0.29) is 5.91 Å². The molecule has 1 heterocycles. The summed E-state index contributed by atoms with van der Waals surface area (Å²) in [5, 5.41) is 2.60. The molecule has 0 saturated heterocycles. The first-order chi connectivity index (χ1) is 7.63. The van der Waals surface area contributed by atoms with Gasteiger partial charge in [0.05, 0.1) is 13.7 Å². The molecule has 0 unspecified atom stereocenters. The van der Waals surface area contributed by atoms with Gasteiger partial charge in [0.15, 0.2) is 0 Å². The van der Waals surface area contributed by atoms with Gasteiger partial charge in [0.25, 0.3) is 0 Å². The largest absolute Gasteiger partial charge is 0.481 e. The van der Waals surface area contributed by atoms with E-state index in [1.165, 1.54) is 6.92 Å². The summed E-state index contributed by atoms with van der Waals surface area (Å²) >= 11 is 0. The van der Waals surface area contributed by atoms with E-state index in [1.54, 1.807) is 13.3 Å². The molecule has 16 heavy (non-hydrogen) atoms. The molecule has 0 atom stereocenters. The molecule has 4 heteroatoms. The van der Waals surface area contributed by atoms with E-state index in [0.29, 0.717) is 12.4 Å². The second kappa shape index (κ2) is 5.76. The number of aryl methyl sites for hydroxylation is 1. The number of hydrogen-bond donors (Lipinski definition) is 1. The van der Waals surface area contributed by atoms with E-state index in [9.17, 15) is 4.79 Å². The Morgan fingerprint density at radius 3 is 2.94 bits per heavy atom. The summed E-state index contributed by atoms with van der Waals surface area (Å²) in [6, 6.07) is 1.82. The number of nitrogens with zero attached hydrogens (tertiary/aromatic N) is 1. The van der Waals surface area contributed by atoms with Gasteiger partial charge in [-0.2, -0.15) is 0 Å². The molecule has 1 aromatic rings. The Hall–Kier alpha value is -2.02. The predicted molar refractivity (Wildman–Crippen MR) is 61.1 cm³/mol. The molecule has 4 nitrogen and oxygen atoms in total. The minimum Gasteiger partial charge on any atom is -0.481 e. The van der Waals surface area contributed by atoms with Crippen LogP contribution in [0.15, 0.2) is 12.3 Å². The van der Waals surface area contributed by atoms with Crippen molar-refractivity contribution in [1.29, 1.82) is 0 Å². The van der Waals surface area contributed by atoms with Crippen molar-refractivity contribution in [3.8, 4) is 17.7 Å². The number of rotatable bonds is 2. The molecule has 0 aliphatic heterocycles. The van der Waals surface area contributed by atoms with Gasteiger partial charge in [-0.05, 0) is 12.5 Å². The minimum atomic E-state index is -0.0844. The molecule has 1 N–H and O–H groups in total. The lowest BCUT2D eigenvalue weighted by Gasteiger charge is -2.01. The zero-order chi connectivity index (χ0) is 12.0. The molecular formula is C12H14N2O2. The van der Waals surface area contributed by atoms with E-state index in [0.717, 1.165) is 11.1 Å². The molecule has 0 bridgehead atoms. The van der Waals surface area contributed by atoms with Crippen molar-refractivity contribution in [1.82, 2.24) is 10.3 Å². The fourth-order valence-corrected chi connectivity index (χ4v) is 1.08. The fraction of sp³-hybridized carbons (Fsp3) is 0.333. The highest BCUT2D eigenvalue weighted by molar-refractivity contribution is 5.73. The van der Waals surface area contributed by atoms with Crippen molar-refractivity contribution < 1.29 is 9.53 Å². The molecule has 1 aromatic heterocycles. The van der Waals surface area contributed by atoms with Crippen LogP contribution in [0.1, 0.15) is 18.1 Å².